The van der Waals surface area contributed by atoms with Gasteiger partial charge in [-0.2, -0.15) is 0 Å². The Labute approximate surface area is 190 Å². The van der Waals surface area contributed by atoms with Crippen molar-refractivity contribution in [2.75, 3.05) is 58.9 Å². The molecule has 0 aromatic heterocycles. The van der Waals surface area contributed by atoms with Gasteiger partial charge in [-0.05, 0) is 64.0 Å². The molecule has 0 radical (unpaired) electrons. The Morgan fingerprint density at radius 3 is 2.19 bits per heavy atom. The molecule has 0 spiro atoms. The average molecular weight is 427 g/mol. The number of hydrogen-bond donors (Lipinski definition) is 0. The molecule has 0 saturated carbocycles. The molecule has 172 valence electrons. The largest absolute Gasteiger partial charge is 0.365 e. The number of hydrogen-bond acceptors (Lipinski definition) is 5. The molecule has 3 fully saturated rings. The molecule has 3 aliphatic heterocycles. The molecule has 0 N–H and O–H groups in total. The van der Waals surface area contributed by atoms with E-state index in [1.54, 1.807) is 0 Å². The first-order valence-electron chi connectivity index (χ1n) is 12.5. The van der Waals surface area contributed by atoms with Crippen LogP contribution < -0.4 is 0 Å². The van der Waals surface area contributed by atoms with E-state index in [0.29, 0.717) is 6.04 Å². The molecule has 3 atom stereocenters. The van der Waals surface area contributed by atoms with Crippen LogP contribution in [-0.4, -0.2) is 84.5 Å². The van der Waals surface area contributed by atoms with Crippen molar-refractivity contribution in [3.63, 3.8) is 0 Å². The van der Waals surface area contributed by atoms with E-state index in [2.05, 4.69) is 51.3 Å². The second-order valence-electron chi connectivity index (χ2n) is 10.2. The number of rotatable bonds is 8. The summed E-state index contributed by atoms with van der Waals surface area (Å²) in [4.78, 5) is 13.4. The van der Waals surface area contributed by atoms with E-state index in [0.717, 1.165) is 69.8 Å². The van der Waals surface area contributed by atoms with Gasteiger partial charge >= 0.3 is 5.70 Å². The summed E-state index contributed by atoms with van der Waals surface area (Å²) in [7, 11) is 0. The highest BCUT2D eigenvalue weighted by Gasteiger charge is 2.29. The maximum absolute atomic E-state index is 9.58. The van der Waals surface area contributed by atoms with E-state index < -0.39 is 0 Å². The van der Waals surface area contributed by atoms with E-state index in [4.69, 9.17) is 6.57 Å². The van der Waals surface area contributed by atoms with Crippen LogP contribution >= 0.6 is 0 Å². The molecule has 6 nitrogen and oxygen atoms in total. The molecule has 0 aliphatic carbocycles. The lowest BCUT2D eigenvalue weighted by Gasteiger charge is -2.35. The van der Waals surface area contributed by atoms with Crippen LogP contribution in [0.25, 0.3) is 4.85 Å². The SMILES string of the molecule is [C-]#[N+]C(C#N)=C1N(CCCN2CC(C)CC(C)C2)CCN1CCCN1CCCCC1C. The summed E-state index contributed by atoms with van der Waals surface area (Å²) in [6, 6.07) is 2.86. The molecule has 31 heavy (non-hydrogen) atoms. The summed E-state index contributed by atoms with van der Waals surface area (Å²) in [6.07, 6.45) is 7.53. The molecule has 3 heterocycles. The normalized spacial score (nSPS) is 29.6. The lowest BCUT2D eigenvalue weighted by molar-refractivity contribution is 0.135. The zero-order chi connectivity index (χ0) is 22.2. The van der Waals surface area contributed by atoms with Gasteiger partial charge in [-0.15, -0.1) is 0 Å². The summed E-state index contributed by atoms with van der Waals surface area (Å²) < 4.78 is 0. The Balaban J connectivity index is 1.52. The third kappa shape index (κ3) is 6.61. The summed E-state index contributed by atoms with van der Waals surface area (Å²) in [6.45, 7) is 24.2. The van der Waals surface area contributed by atoms with Crippen molar-refractivity contribution in [1.82, 2.24) is 19.6 Å². The quantitative estimate of drug-likeness (QED) is 0.436. The van der Waals surface area contributed by atoms with Crippen LogP contribution in [0.5, 0.6) is 0 Å². The van der Waals surface area contributed by atoms with Crippen molar-refractivity contribution in [2.45, 2.75) is 65.3 Å². The average Bonchev–Trinajstić information content (AvgIpc) is 3.12. The van der Waals surface area contributed by atoms with Gasteiger partial charge in [0.25, 0.3) is 0 Å². The fourth-order valence-electron chi connectivity index (χ4n) is 5.93. The Hall–Kier alpha value is -1.76. The molecular weight excluding hydrogens is 384 g/mol. The monoisotopic (exact) mass is 426 g/mol. The second kappa shape index (κ2) is 11.7. The Bertz CT molecular complexity index is 663. The molecular formula is C25H42N6. The van der Waals surface area contributed by atoms with Crippen LogP contribution in [0.15, 0.2) is 11.5 Å². The van der Waals surface area contributed by atoms with Gasteiger partial charge < -0.3 is 19.6 Å². The first-order chi connectivity index (χ1) is 15.0. The van der Waals surface area contributed by atoms with Gasteiger partial charge in [-0.25, -0.2) is 10.1 Å². The predicted molar refractivity (Wildman–Crippen MR) is 126 cm³/mol. The number of allylic oxidation sites excluding steroid dienone is 1. The third-order valence-electron chi connectivity index (χ3n) is 7.33. The fourth-order valence-corrected chi connectivity index (χ4v) is 5.93. The Morgan fingerprint density at radius 2 is 1.61 bits per heavy atom. The van der Waals surface area contributed by atoms with Crippen LogP contribution in [-0.2, 0) is 0 Å². The summed E-state index contributed by atoms with van der Waals surface area (Å²) in [5, 5.41) is 9.58. The smallest absolute Gasteiger partial charge is 0.300 e. The maximum atomic E-state index is 9.58. The molecule has 0 bridgehead atoms. The topological polar surface area (TPSA) is 41.1 Å². The highest BCUT2D eigenvalue weighted by molar-refractivity contribution is 5.33. The van der Waals surface area contributed by atoms with E-state index in [1.807, 2.05) is 0 Å². The van der Waals surface area contributed by atoms with Crippen LogP contribution in [0.4, 0.5) is 0 Å². The van der Waals surface area contributed by atoms with Crippen molar-refractivity contribution >= 4 is 0 Å². The highest BCUT2D eigenvalue weighted by Crippen LogP contribution is 2.25. The number of piperidine rings is 2. The van der Waals surface area contributed by atoms with Crippen molar-refractivity contribution in [2.24, 2.45) is 11.8 Å². The van der Waals surface area contributed by atoms with E-state index in [-0.39, 0.29) is 5.70 Å². The van der Waals surface area contributed by atoms with Crippen molar-refractivity contribution < 1.29 is 0 Å². The molecule has 3 rings (SSSR count). The van der Waals surface area contributed by atoms with Crippen molar-refractivity contribution in [1.29, 1.82) is 5.26 Å². The third-order valence-corrected chi connectivity index (χ3v) is 7.33. The van der Waals surface area contributed by atoms with Crippen molar-refractivity contribution in [3.8, 4) is 6.07 Å². The Kier molecular flexibility index (Phi) is 9.05. The lowest BCUT2D eigenvalue weighted by atomic mass is 9.92. The van der Waals surface area contributed by atoms with Crippen molar-refractivity contribution in [3.05, 3.63) is 22.9 Å². The molecule has 3 unspecified atom stereocenters. The molecule has 0 amide bonds. The van der Waals surface area contributed by atoms with E-state index >= 15 is 0 Å². The first-order valence-corrected chi connectivity index (χ1v) is 12.5. The van der Waals surface area contributed by atoms with Gasteiger partial charge in [0.05, 0.1) is 12.6 Å². The van der Waals surface area contributed by atoms with Gasteiger partial charge in [-0.1, -0.05) is 20.3 Å². The van der Waals surface area contributed by atoms with E-state index in [9.17, 15) is 5.26 Å². The standard InChI is InChI=1S/C25H42N6/c1-21-17-22(2)20-28(19-21)10-7-13-30-15-16-31(25(30)24(18-26)27-4)14-8-12-29-11-6-5-9-23(29)3/h21-23H,5-17,19-20H2,1-3H3. The lowest BCUT2D eigenvalue weighted by Crippen LogP contribution is -2.40. The van der Waals surface area contributed by atoms with Crippen LogP contribution in [0.2, 0.25) is 0 Å². The summed E-state index contributed by atoms with van der Waals surface area (Å²) in [5.41, 5.74) is 0.268. The minimum Gasteiger partial charge on any atom is -0.365 e. The van der Waals surface area contributed by atoms with Gasteiger partial charge in [0.15, 0.2) is 0 Å². The molecule has 0 aromatic carbocycles. The van der Waals surface area contributed by atoms with Gasteiger partial charge in [0, 0.05) is 51.9 Å². The zero-order valence-corrected chi connectivity index (χ0v) is 20.0. The number of nitriles is 1. The fraction of sp³-hybridized carbons (Fsp3) is 0.840. The molecule has 3 saturated heterocycles. The minimum absolute atomic E-state index is 0.268. The summed E-state index contributed by atoms with van der Waals surface area (Å²) >= 11 is 0. The maximum Gasteiger partial charge on any atom is 0.300 e. The van der Waals surface area contributed by atoms with Crippen LogP contribution in [0, 0.1) is 29.7 Å². The number of likely N-dealkylation sites (tertiary alicyclic amines) is 2. The predicted octanol–water partition coefficient (Wildman–Crippen LogP) is 3.85. The highest BCUT2D eigenvalue weighted by atomic mass is 15.4. The van der Waals surface area contributed by atoms with Gasteiger partial charge in [0.2, 0.25) is 0 Å². The molecule has 3 aliphatic rings. The van der Waals surface area contributed by atoms with Crippen LogP contribution in [0.1, 0.15) is 59.3 Å². The second-order valence-corrected chi connectivity index (χ2v) is 10.2. The van der Waals surface area contributed by atoms with E-state index in [1.165, 1.54) is 45.3 Å². The molecule has 0 aromatic rings. The minimum atomic E-state index is 0.268. The first kappa shape index (κ1) is 23.9. The van der Waals surface area contributed by atoms with Gasteiger partial charge in [0.1, 0.15) is 5.82 Å². The Morgan fingerprint density at radius 1 is 0.968 bits per heavy atom. The molecule has 6 heteroatoms. The summed E-state index contributed by atoms with van der Waals surface area (Å²) in [5.74, 6) is 2.47. The van der Waals surface area contributed by atoms with Crippen LogP contribution in [0.3, 0.4) is 0 Å². The van der Waals surface area contributed by atoms with Gasteiger partial charge in [-0.3, -0.25) is 0 Å². The zero-order valence-electron chi connectivity index (χ0n) is 20.0. The number of nitrogens with zero attached hydrogens (tertiary/aromatic N) is 6.